The fourth-order valence-electron chi connectivity index (χ4n) is 3.21. The Kier molecular flexibility index (Phi) is 5.38. The average Bonchev–Trinajstić information content (AvgIpc) is 2.21. The lowest BCUT2D eigenvalue weighted by Crippen LogP contribution is -2.20. The van der Waals surface area contributed by atoms with Gasteiger partial charge in [-0.05, 0) is 11.8 Å². The maximum absolute atomic E-state index is 1.56. The highest BCUT2D eigenvalue weighted by Gasteiger charge is 2.24. The number of rotatable bonds is 1. The van der Waals surface area contributed by atoms with E-state index in [-0.39, 0.29) is 17.0 Å². The Hall–Kier alpha value is 0.480. The Bertz CT molecular complexity index is 105. The molecule has 2 saturated carbocycles. The van der Waals surface area contributed by atoms with Crippen molar-refractivity contribution in [1.82, 2.24) is 0 Å². The molecule has 0 unspecified atom stereocenters. The maximum atomic E-state index is 1.56. The first-order valence-electron chi connectivity index (χ1n) is 5.97. The molecule has 0 bridgehead atoms. The zero-order valence-corrected chi connectivity index (χ0v) is 10.3. The number of hydrogen-bond acceptors (Lipinski definition) is 0. The Labute approximate surface area is 93.3 Å². The van der Waals surface area contributed by atoms with E-state index in [2.05, 4.69) is 0 Å². The smallest absolute Gasteiger partial charge is 0.0386 e. The third kappa shape index (κ3) is 3.27. The highest BCUT2D eigenvalue weighted by molar-refractivity contribution is 8.93. The van der Waals surface area contributed by atoms with Crippen molar-refractivity contribution in [2.24, 2.45) is 11.8 Å². The molecule has 0 aromatic heterocycles. The molecule has 0 spiro atoms. The predicted octanol–water partition coefficient (Wildman–Crippen LogP) is 4.72. The van der Waals surface area contributed by atoms with Gasteiger partial charge in [-0.15, -0.1) is 17.0 Å². The molecule has 2 aliphatic carbocycles. The van der Waals surface area contributed by atoms with Crippen LogP contribution < -0.4 is 0 Å². The van der Waals surface area contributed by atoms with E-state index in [1.165, 1.54) is 38.5 Å². The van der Waals surface area contributed by atoms with Gasteiger partial charge in [0.05, 0.1) is 0 Å². The quantitative estimate of drug-likeness (QED) is 0.628. The van der Waals surface area contributed by atoms with E-state index in [0.717, 1.165) is 11.8 Å². The lowest BCUT2D eigenvalue weighted by atomic mass is 9.73. The van der Waals surface area contributed by atoms with Gasteiger partial charge in [-0.1, -0.05) is 64.2 Å². The van der Waals surface area contributed by atoms with Crippen LogP contribution in [0.25, 0.3) is 0 Å². The molecule has 0 saturated heterocycles. The van der Waals surface area contributed by atoms with E-state index < -0.39 is 0 Å². The van der Waals surface area contributed by atoms with Gasteiger partial charge in [0.15, 0.2) is 0 Å². The van der Waals surface area contributed by atoms with Crippen LogP contribution in [0.5, 0.6) is 0 Å². The van der Waals surface area contributed by atoms with E-state index in [9.17, 15) is 0 Å². The minimum absolute atomic E-state index is 0. The van der Waals surface area contributed by atoms with Crippen LogP contribution in [0.1, 0.15) is 64.2 Å². The molecule has 0 nitrogen and oxygen atoms in total. The zero-order chi connectivity index (χ0) is 8.23. The van der Waals surface area contributed by atoms with Gasteiger partial charge >= 0.3 is 0 Å². The maximum Gasteiger partial charge on any atom is -0.0386 e. The van der Waals surface area contributed by atoms with Crippen molar-refractivity contribution in [2.45, 2.75) is 64.2 Å². The van der Waals surface area contributed by atoms with Gasteiger partial charge in [0.2, 0.25) is 0 Å². The van der Waals surface area contributed by atoms with Crippen molar-refractivity contribution in [3.8, 4) is 0 Å². The van der Waals surface area contributed by atoms with Gasteiger partial charge in [-0.2, -0.15) is 0 Å². The van der Waals surface area contributed by atoms with Crippen LogP contribution >= 0.6 is 17.0 Å². The van der Waals surface area contributed by atoms with E-state index in [4.69, 9.17) is 0 Å². The molecule has 0 aromatic carbocycles. The molecule has 0 N–H and O–H groups in total. The first-order valence-corrected chi connectivity index (χ1v) is 5.97. The summed E-state index contributed by atoms with van der Waals surface area (Å²) in [5.41, 5.74) is 0. The third-order valence-corrected chi connectivity index (χ3v) is 3.97. The van der Waals surface area contributed by atoms with Crippen LogP contribution in [-0.2, 0) is 0 Å². The number of hydrogen-bond donors (Lipinski definition) is 0. The van der Waals surface area contributed by atoms with Crippen LogP contribution in [0.15, 0.2) is 0 Å². The summed E-state index contributed by atoms with van der Waals surface area (Å²) >= 11 is 0. The average molecular weight is 247 g/mol. The fourth-order valence-corrected chi connectivity index (χ4v) is 3.21. The lowest BCUT2D eigenvalue weighted by Gasteiger charge is -2.32. The van der Waals surface area contributed by atoms with E-state index in [1.807, 2.05) is 0 Å². The Morgan fingerprint density at radius 2 is 0.769 bits per heavy atom. The molecule has 0 amide bonds. The standard InChI is InChI=1S/C12H22.BrH/c1-3-7-11(8-4-1)12-9-5-2-6-10-12;/h11-12H,1-10H2;1H. The summed E-state index contributed by atoms with van der Waals surface area (Å²) < 4.78 is 0. The van der Waals surface area contributed by atoms with Crippen LogP contribution in [0, 0.1) is 11.8 Å². The third-order valence-electron chi connectivity index (χ3n) is 3.97. The zero-order valence-electron chi connectivity index (χ0n) is 8.63. The Morgan fingerprint density at radius 1 is 0.462 bits per heavy atom. The fraction of sp³-hybridized carbons (Fsp3) is 1.00. The van der Waals surface area contributed by atoms with Crippen LogP contribution in [0.2, 0.25) is 0 Å². The molecule has 0 aromatic rings. The first kappa shape index (κ1) is 11.6. The minimum Gasteiger partial charge on any atom is -0.114 e. The second-order valence-electron chi connectivity index (χ2n) is 4.80. The van der Waals surface area contributed by atoms with Crippen molar-refractivity contribution >= 4 is 17.0 Å². The summed E-state index contributed by atoms with van der Waals surface area (Å²) in [4.78, 5) is 0. The van der Waals surface area contributed by atoms with Crippen molar-refractivity contribution < 1.29 is 0 Å². The largest absolute Gasteiger partial charge is 0.114 e. The van der Waals surface area contributed by atoms with Gasteiger partial charge in [0.1, 0.15) is 0 Å². The van der Waals surface area contributed by atoms with E-state index in [0.29, 0.717) is 0 Å². The summed E-state index contributed by atoms with van der Waals surface area (Å²) in [5, 5.41) is 0. The van der Waals surface area contributed by atoms with Crippen LogP contribution in [0.3, 0.4) is 0 Å². The van der Waals surface area contributed by atoms with Crippen molar-refractivity contribution in [3.05, 3.63) is 0 Å². The van der Waals surface area contributed by atoms with Gasteiger partial charge < -0.3 is 0 Å². The van der Waals surface area contributed by atoms with Gasteiger partial charge in [0, 0.05) is 0 Å². The van der Waals surface area contributed by atoms with E-state index >= 15 is 0 Å². The molecular formula is C12H23Br. The van der Waals surface area contributed by atoms with Gasteiger partial charge in [-0.3, -0.25) is 0 Å². The van der Waals surface area contributed by atoms with Crippen LogP contribution in [-0.4, -0.2) is 0 Å². The summed E-state index contributed by atoms with van der Waals surface area (Å²) in [7, 11) is 0. The minimum atomic E-state index is 0. The molecule has 78 valence electrons. The summed E-state index contributed by atoms with van der Waals surface area (Å²) in [6.07, 6.45) is 15.4. The molecule has 0 aliphatic heterocycles. The van der Waals surface area contributed by atoms with Crippen molar-refractivity contribution in [2.75, 3.05) is 0 Å². The molecule has 2 aliphatic rings. The van der Waals surface area contributed by atoms with Crippen LogP contribution in [0.4, 0.5) is 0 Å². The number of halogens is 1. The first-order chi connectivity index (χ1) is 5.97. The highest BCUT2D eigenvalue weighted by Crippen LogP contribution is 2.37. The molecular weight excluding hydrogens is 224 g/mol. The second-order valence-corrected chi connectivity index (χ2v) is 4.80. The molecule has 2 fully saturated rings. The summed E-state index contributed by atoms with van der Waals surface area (Å²) in [6, 6.07) is 0. The SMILES string of the molecule is Br.C1CCC(C2CCCCC2)CC1. The molecule has 0 heterocycles. The lowest BCUT2D eigenvalue weighted by molar-refractivity contribution is 0.196. The Morgan fingerprint density at radius 3 is 1.08 bits per heavy atom. The molecule has 13 heavy (non-hydrogen) atoms. The topological polar surface area (TPSA) is 0 Å². The summed E-state index contributed by atoms with van der Waals surface area (Å²) in [5.74, 6) is 2.28. The van der Waals surface area contributed by atoms with Gasteiger partial charge in [0.25, 0.3) is 0 Å². The summed E-state index contributed by atoms with van der Waals surface area (Å²) in [6.45, 7) is 0. The highest BCUT2D eigenvalue weighted by atomic mass is 79.9. The molecule has 2 rings (SSSR count). The predicted molar refractivity (Wildman–Crippen MR) is 63.5 cm³/mol. The molecule has 0 radical (unpaired) electrons. The van der Waals surface area contributed by atoms with Crippen molar-refractivity contribution in [1.29, 1.82) is 0 Å². The van der Waals surface area contributed by atoms with Gasteiger partial charge in [-0.25, -0.2) is 0 Å². The van der Waals surface area contributed by atoms with Crippen molar-refractivity contribution in [3.63, 3.8) is 0 Å². The second kappa shape index (κ2) is 6.06. The Balaban J connectivity index is 0.000000845. The normalized spacial score (nSPS) is 26.8. The molecule has 1 heteroatoms. The van der Waals surface area contributed by atoms with E-state index in [1.54, 1.807) is 25.7 Å². The monoisotopic (exact) mass is 246 g/mol. The molecule has 0 atom stereocenters.